The molecule has 11 heteroatoms. The van der Waals surface area contributed by atoms with Crippen molar-refractivity contribution < 1.29 is 18.7 Å². The van der Waals surface area contributed by atoms with E-state index in [1.165, 1.54) is 0 Å². The lowest BCUT2D eigenvalue weighted by Gasteiger charge is -2.19. The summed E-state index contributed by atoms with van der Waals surface area (Å²) in [4.78, 5) is 16.4. The number of hydrogen-bond acceptors (Lipinski definition) is 7. The number of alkyl halides is 1. The highest BCUT2D eigenvalue weighted by molar-refractivity contribution is 5.72. The number of amides is 1. The van der Waals surface area contributed by atoms with E-state index in [-0.39, 0.29) is 5.54 Å². The summed E-state index contributed by atoms with van der Waals surface area (Å²) in [6.07, 6.45) is 3.67. The number of halogens is 1. The quantitative estimate of drug-likeness (QED) is 0.513. The number of H-pyrrole nitrogens is 1. The van der Waals surface area contributed by atoms with E-state index in [9.17, 15) is 4.79 Å². The SMILES string of the molecule is COCc1cc2c(Nc3cc([C@@H]4CC[C@H](OC(=O)NC5(C)CC5)[C@@H]4F)[nH]n3)nccn2n1. The van der Waals surface area contributed by atoms with Gasteiger partial charge in [-0.15, -0.1) is 0 Å². The van der Waals surface area contributed by atoms with Gasteiger partial charge in [0, 0.05) is 42.7 Å². The molecule has 0 radical (unpaired) electrons. The van der Waals surface area contributed by atoms with Crippen LogP contribution in [0.3, 0.4) is 0 Å². The van der Waals surface area contributed by atoms with Gasteiger partial charge in [-0.25, -0.2) is 18.7 Å². The van der Waals surface area contributed by atoms with Crippen molar-refractivity contribution in [3.63, 3.8) is 0 Å². The molecule has 2 aliphatic rings. The number of nitrogens with one attached hydrogen (secondary N) is 3. The molecule has 10 nitrogen and oxygen atoms in total. The summed E-state index contributed by atoms with van der Waals surface area (Å²) in [5.41, 5.74) is 2.02. The Balaban J connectivity index is 1.25. The standard InChI is InChI=1S/C21H26FN7O3/c1-21(5-6-21)25-20(30)32-16-4-3-13(18(16)22)14-10-17(27-26-14)24-19-15-9-12(11-31-2)28-29(15)8-7-23-19/h7-10,13,16,18H,3-6,11H2,1-2H3,(H,25,30)(H2,23,24,26,27)/t13-,16-,18+/m0/s1. The van der Waals surface area contributed by atoms with Crippen LogP contribution in [0.1, 0.15) is 49.9 Å². The molecule has 2 fully saturated rings. The molecule has 2 saturated carbocycles. The van der Waals surface area contributed by atoms with Crippen molar-refractivity contribution in [2.45, 2.75) is 62.9 Å². The van der Waals surface area contributed by atoms with Gasteiger partial charge in [-0.1, -0.05) is 0 Å². The Bertz CT molecular complexity index is 1130. The van der Waals surface area contributed by atoms with E-state index in [4.69, 9.17) is 9.47 Å². The molecule has 0 spiro atoms. The maximum absolute atomic E-state index is 15.1. The van der Waals surface area contributed by atoms with Gasteiger partial charge in [-0.05, 0) is 38.7 Å². The van der Waals surface area contributed by atoms with E-state index in [1.54, 1.807) is 30.1 Å². The Morgan fingerprint density at radius 1 is 1.38 bits per heavy atom. The predicted octanol–water partition coefficient (Wildman–Crippen LogP) is 3.21. The molecule has 0 aromatic carbocycles. The summed E-state index contributed by atoms with van der Waals surface area (Å²) < 4.78 is 27.3. The molecular weight excluding hydrogens is 417 g/mol. The number of nitrogens with zero attached hydrogens (tertiary/aromatic N) is 4. The number of carbonyl (C=O) groups excluding carboxylic acids is 1. The maximum atomic E-state index is 15.1. The fraction of sp³-hybridized carbons (Fsp3) is 0.524. The van der Waals surface area contributed by atoms with Crippen molar-refractivity contribution in [3.8, 4) is 0 Å². The monoisotopic (exact) mass is 443 g/mol. The van der Waals surface area contributed by atoms with Crippen LogP contribution in [0.25, 0.3) is 5.52 Å². The molecule has 0 bridgehead atoms. The average molecular weight is 443 g/mol. The first-order chi connectivity index (χ1) is 15.4. The van der Waals surface area contributed by atoms with Crippen LogP contribution in [0, 0.1) is 0 Å². The highest BCUT2D eigenvalue weighted by atomic mass is 19.1. The number of carbonyl (C=O) groups is 1. The number of hydrogen-bond donors (Lipinski definition) is 3. The van der Waals surface area contributed by atoms with Gasteiger partial charge in [0.2, 0.25) is 0 Å². The molecule has 3 N–H and O–H groups in total. The number of rotatable bonds is 7. The number of anilines is 2. The van der Waals surface area contributed by atoms with Crippen molar-refractivity contribution in [3.05, 3.63) is 35.9 Å². The fourth-order valence-electron chi connectivity index (χ4n) is 4.10. The molecule has 3 atom stereocenters. The van der Waals surface area contributed by atoms with Gasteiger partial charge in [0.15, 0.2) is 11.6 Å². The van der Waals surface area contributed by atoms with Crippen LogP contribution in [0.15, 0.2) is 24.5 Å². The van der Waals surface area contributed by atoms with Gasteiger partial charge in [0.25, 0.3) is 0 Å². The summed E-state index contributed by atoms with van der Waals surface area (Å²) >= 11 is 0. The van der Waals surface area contributed by atoms with Gasteiger partial charge in [-0.3, -0.25) is 5.10 Å². The van der Waals surface area contributed by atoms with Gasteiger partial charge >= 0.3 is 6.09 Å². The third kappa shape index (κ3) is 4.12. The Morgan fingerprint density at radius 2 is 2.22 bits per heavy atom. The minimum atomic E-state index is -1.30. The van der Waals surface area contributed by atoms with Crippen molar-refractivity contribution in [2.24, 2.45) is 0 Å². The fourth-order valence-corrected chi connectivity index (χ4v) is 4.10. The second-order valence-electron chi connectivity index (χ2n) is 8.77. The van der Waals surface area contributed by atoms with Crippen LogP contribution >= 0.6 is 0 Å². The van der Waals surface area contributed by atoms with Crippen LogP contribution in [-0.4, -0.2) is 55.8 Å². The van der Waals surface area contributed by atoms with Crippen molar-refractivity contribution >= 4 is 23.2 Å². The number of ether oxygens (including phenoxy) is 2. The third-order valence-corrected chi connectivity index (χ3v) is 6.14. The summed E-state index contributed by atoms with van der Waals surface area (Å²) in [5, 5.41) is 17.6. The topological polar surface area (TPSA) is 118 Å². The predicted molar refractivity (Wildman–Crippen MR) is 113 cm³/mol. The lowest BCUT2D eigenvalue weighted by atomic mass is 10.0. The molecule has 0 saturated heterocycles. The van der Waals surface area contributed by atoms with Gasteiger partial charge < -0.3 is 20.1 Å². The molecule has 0 unspecified atom stereocenters. The average Bonchev–Trinajstić information content (AvgIpc) is 3.12. The number of alkyl carbamates (subject to hydrolysis) is 1. The molecule has 0 aliphatic heterocycles. The lowest BCUT2D eigenvalue weighted by Crippen LogP contribution is -2.38. The Morgan fingerprint density at radius 3 is 3.00 bits per heavy atom. The van der Waals surface area contributed by atoms with E-state index in [1.807, 2.05) is 13.0 Å². The largest absolute Gasteiger partial charge is 0.443 e. The Labute approximate surface area is 183 Å². The first-order valence-corrected chi connectivity index (χ1v) is 10.7. The first-order valence-electron chi connectivity index (χ1n) is 10.7. The highest BCUT2D eigenvalue weighted by Crippen LogP contribution is 2.39. The molecular formula is C21H26FN7O3. The van der Waals surface area contributed by atoms with Gasteiger partial charge in [-0.2, -0.15) is 10.2 Å². The molecule has 3 heterocycles. The molecule has 1 amide bonds. The second-order valence-corrected chi connectivity index (χ2v) is 8.77. The third-order valence-electron chi connectivity index (χ3n) is 6.14. The van der Waals surface area contributed by atoms with Crippen molar-refractivity contribution in [2.75, 3.05) is 12.4 Å². The van der Waals surface area contributed by atoms with Gasteiger partial charge in [0.05, 0.1) is 12.3 Å². The molecule has 32 heavy (non-hydrogen) atoms. The minimum absolute atomic E-state index is 0.193. The summed E-state index contributed by atoms with van der Waals surface area (Å²) in [7, 11) is 1.61. The van der Waals surface area contributed by atoms with E-state index < -0.39 is 24.3 Å². The zero-order valence-electron chi connectivity index (χ0n) is 18.0. The number of fused-ring (bicyclic) bond motifs is 1. The maximum Gasteiger partial charge on any atom is 0.407 e. The van der Waals surface area contributed by atoms with Gasteiger partial charge in [0.1, 0.15) is 17.8 Å². The second kappa shape index (κ2) is 8.05. The first kappa shape index (κ1) is 20.7. The smallest absolute Gasteiger partial charge is 0.407 e. The Kier molecular flexibility index (Phi) is 5.20. The molecule has 3 aromatic rings. The normalized spacial score (nSPS) is 23.9. The van der Waals surface area contributed by atoms with Crippen molar-refractivity contribution in [1.82, 2.24) is 30.1 Å². The highest BCUT2D eigenvalue weighted by Gasteiger charge is 2.43. The van der Waals surface area contributed by atoms with E-state index in [0.717, 1.165) is 24.1 Å². The van der Waals surface area contributed by atoms with E-state index >= 15 is 4.39 Å². The number of methoxy groups -OCH3 is 1. The molecule has 170 valence electrons. The van der Waals surface area contributed by atoms with Crippen LogP contribution in [0.4, 0.5) is 20.8 Å². The molecule has 2 aliphatic carbocycles. The van der Waals surface area contributed by atoms with Crippen molar-refractivity contribution in [1.29, 1.82) is 0 Å². The minimum Gasteiger partial charge on any atom is -0.443 e. The van der Waals surface area contributed by atoms with Crippen LogP contribution < -0.4 is 10.6 Å². The molecule has 3 aromatic heterocycles. The summed E-state index contributed by atoms with van der Waals surface area (Å²) in [6, 6.07) is 3.65. The van der Waals surface area contributed by atoms with Crippen LogP contribution in [0.2, 0.25) is 0 Å². The number of aromatic amines is 1. The molecule has 5 rings (SSSR count). The van der Waals surface area contributed by atoms with Crippen LogP contribution in [0.5, 0.6) is 0 Å². The Hall–Kier alpha value is -3.21. The zero-order valence-corrected chi connectivity index (χ0v) is 18.0. The van der Waals surface area contributed by atoms with E-state index in [2.05, 4.69) is 30.9 Å². The van der Waals surface area contributed by atoms with E-state index in [0.29, 0.717) is 36.8 Å². The summed E-state index contributed by atoms with van der Waals surface area (Å²) in [5.74, 6) is 0.681. The summed E-state index contributed by atoms with van der Waals surface area (Å²) in [6.45, 7) is 2.35. The lowest BCUT2D eigenvalue weighted by molar-refractivity contribution is 0.0546. The zero-order chi connectivity index (χ0) is 22.3. The number of aromatic nitrogens is 5. The van der Waals surface area contributed by atoms with Crippen LogP contribution in [-0.2, 0) is 16.1 Å².